The van der Waals surface area contributed by atoms with Crippen LogP contribution in [-0.2, 0) is 24.6 Å². The summed E-state index contributed by atoms with van der Waals surface area (Å²) in [6, 6.07) is 42.6. The number of hydrogen-bond donors (Lipinski definition) is 2. The summed E-state index contributed by atoms with van der Waals surface area (Å²) in [4.78, 5) is 60.3. The highest BCUT2D eigenvalue weighted by Crippen LogP contribution is 2.63. The number of hydrogen-bond acceptors (Lipinski definition) is 6. The van der Waals surface area contributed by atoms with Crippen LogP contribution in [0.25, 0.3) is 5.57 Å². The average molecular weight is 697 g/mol. The lowest BCUT2D eigenvalue weighted by molar-refractivity contribution is -0.135. The molecule has 4 aliphatic rings. The smallest absolute Gasteiger partial charge is 0.238 e. The third kappa shape index (κ3) is 5.10. The summed E-state index contributed by atoms with van der Waals surface area (Å²) in [7, 11) is 0. The molecule has 53 heavy (non-hydrogen) atoms. The fourth-order valence-corrected chi connectivity index (χ4v) is 9.55. The van der Waals surface area contributed by atoms with Crippen LogP contribution < -0.4 is 10.2 Å². The number of phenolic OH excluding ortho intramolecular Hbond substituents is 1. The predicted molar refractivity (Wildman–Crippen MR) is 203 cm³/mol. The van der Waals surface area contributed by atoms with E-state index in [-0.39, 0.29) is 35.6 Å². The summed E-state index contributed by atoms with van der Waals surface area (Å²) in [6.07, 6.45) is 4.14. The van der Waals surface area contributed by atoms with Crippen LogP contribution in [0, 0.1) is 23.7 Å². The minimum atomic E-state index is -1.31. The fourth-order valence-electron chi connectivity index (χ4n) is 9.55. The number of phenols is 1. The van der Waals surface area contributed by atoms with E-state index in [0.717, 1.165) is 28.1 Å². The molecule has 2 N–H and O–H groups in total. The molecule has 2 amide bonds. The molecular formula is C46H36N2O5. The molecule has 9 rings (SSSR count). The van der Waals surface area contributed by atoms with Gasteiger partial charge < -0.3 is 10.4 Å². The first-order chi connectivity index (χ1) is 25.9. The van der Waals surface area contributed by atoms with Gasteiger partial charge in [-0.25, -0.2) is 0 Å². The molecule has 0 aromatic heterocycles. The highest BCUT2D eigenvalue weighted by molar-refractivity contribution is 6.32. The molecular weight excluding hydrogens is 661 g/mol. The van der Waals surface area contributed by atoms with Crippen molar-refractivity contribution in [2.45, 2.75) is 24.2 Å². The van der Waals surface area contributed by atoms with Crippen molar-refractivity contribution in [3.63, 3.8) is 0 Å². The van der Waals surface area contributed by atoms with E-state index in [9.17, 15) is 14.7 Å². The highest BCUT2D eigenvalue weighted by atomic mass is 16.3. The molecule has 0 bridgehead atoms. The Hall–Kier alpha value is -6.34. The first-order valence-corrected chi connectivity index (χ1v) is 18.1. The molecule has 0 radical (unpaired) electrons. The first-order valence-electron chi connectivity index (χ1n) is 18.1. The second kappa shape index (κ2) is 12.7. The van der Waals surface area contributed by atoms with Crippen LogP contribution in [0.2, 0.25) is 0 Å². The summed E-state index contributed by atoms with van der Waals surface area (Å²) >= 11 is 0. The molecule has 1 saturated carbocycles. The average Bonchev–Trinajstić information content (AvgIpc) is 3.46. The summed E-state index contributed by atoms with van der Waals surface area (Å²) in [5.74, 6) is -4.00. The van der Waals surface area contributed by atoms with E-state index >= 15 is 9.59 Å². The number of carbonyl (C=O) groups excluding carboxylic acids is 4. The van der Waals surface area contributed by atoms with E-state index in [4.69, 9.17) is 0 Å². The Morgan fingerprint density at radius 2 is 1.28 bits per heavy atom. The largest absolute Gasteiger partial charge is 0.508 e. The maximum atomic E-state index is 15.1. The van der Waals surface area contributed by atoms with Crippen molar-refractivity contribution >= 4 is 46.0 Å². The Bertz CT molecular complexity index is 2320. The Labute approximate surface area is 307 Å². The van der Waals surface area contributed by atoms with E-state index in [2.05, 4.69) is 11.4 Å². The molecule has 0 spiro atoms. The summed E-state index contributed by atoms with van der Waals surface area (Å²) in [5, 5.41) is 13.7. The lowest BCUT2D eigenvalue weighted by Gasteiger charge is -2.55. The van der Waals surface area contributed by atoms with E-state index < -0.39 is 35.0 Å². The van der Waals surface area contributed by atoms with Crippen molar-refractivity contribution in [3.05, 3.63) is 174 Å². The van der Waals surface area contributed by atoms with Gasteiger partial charge in [0.25, 0.3) is 0 Å². The van der Waals surface area contributed by atoms with Gasteiger partial charge in [0.2, 0.25) is 11.8 Å². The number of benzene rings is 5. The number of imide groups is 1. The van der Waals surface area contributed by atoms with Gasteiger partial charge in [0.15, 0.2) is 11.6 Å². The molecule has 6 atom stereocenters. The number of carbonyl (C=O) groups is 4. The second-order valence-corrected chi connectivity index (χ2v) is 14.4. The van der Waals surface area contributed by atoms with Gasteiger partial charge in [-0.2, -0.15) is 0 Å². The zero-order valence-electron chi connectivity index (χ0n) is 28.8. The van der Waals surface area contributed by atoms with Crippen LogP contribution in [0.3, 0.4) is 0 Å². The minimum absolute atomic E-state index is 0.0820. The van der Waals surface area contributed by atoms with Crippen molar-refractivity contribution in [2.75, 3.05) is 10.2 Å². The zero-order chi connectivity index (χ0) is 36.3. The monoisotopic (exact) mass is 696 g/mol. The van der Waals surface area contributed by atoms with Gasteiger partial charge in [0, 0.05) is 28.8 Å². The standard InChI is InChI=1S/C46H36N2O5/c49-34-22-16-29(17-23-34)42-35-24-25-36-41(45(53)48(44(36)52)33-20-18-32(19-21-33)47-31-14-8-3-9-15-31)38(35)26-39-43(51)37(28-10-4-1-5-11-28)27-40(50)46(39,42)30-12-6-2-7-13-30/h1-24,27,36,38-39,41-42,47,49H,25-26H2. The SMILES string of the molecule is O=C1C(c2ccccc2)=CC(=O)C2(c3ccccc3)C1CC1C(=CCC3C(=O)N(c4ccc(Nc5ccccc5)cc4)C(=O)C31)C2c1ccc(O)cc1. The number of para-hydroxylation sites is 1. The molecule has 1 saturated heterocycles. The van der Waals surface area contributed by atoms with E-state index in [1.165, 1.54) is 11.0 Å². The van der Waals surface area contributed by atoms with Crippen LogP contribution in [-0.4, -0.2) is 28.5 Å². The van der Waals surface area contributed by atoms with Crippen LogP contribution in [0.5, 0.6) is 5.75 Å². The van der Waals surface area contributed by atoms with Gasteiger partial charge in [-0.15, -0.1) is 0 Å². The molecule has 6 unspecified atom stereocenters. The van der Waals surface area contributed by atoms with Gasteiger partial charge in [0.1, 0.15) is 5.75 Å². The predicted octanol–water partition coefficient (Wildman–Crippen LogP) is 8.16. The normalized spacial score (nSPS) is 26.3. The molecule has 1 aliphatic heterocycles. The Morgan fingerprint density at radius 3 is 1.96 bits per heavy atom. The molecule has 7 nitrogen and oxygen atoms in total. The van der Waals surface area contributed by atoms with E-state index in [0.29, 0.717) is 23.2 Å². The summed E-state index contributed by atoms with van der Waals surface area (Å²) in [5.41, 5.74) is 4.34. The zero-order valence-corrected chi connectivity index (χ0v) is 28.8. The molecule has 3 aliphatic carbocycles. The number of nitrogens with zero attached hydrogens (tertiary/aromatic N) is 1. The van der Waals surface area contributed by atoms with Crippen LogP contribution in [0.15, 0.2) is 157 Å². The summed E-state index contributed by atoms with van der Waals surface area (Å²) < 4.78 is 0. The van der Waals surface area contributed by atoms with Crippen LogP contribution >= 0.6 is 0 Å². The number of aromatic hydroxyl groups is 1. The molecule has 1 heterocycles. The number of amides is 2. The molecule has 5 aromatic rings. The van der Waals surface area contributed by atoms with Gasteiger partial charge in [-0.05, 0) is 90.1 Å². The van der Waals surface area contributed by atoms with Crippen molar-refractivity contribution in [3.8, 4) is 5.75 Å². The van der Waals surface area contributed by atoms with Crippen molar-refractivity contribution in [1.82, 2.24) is 0 Å². The topological polar surface area (TPSA) is 104 Å². The Morgan fingerprint density at radius 1 is 0.660 bits per heavy atom. The molecule has 2 fully saturated rings. The lowest BCUT2D eigenvalue weighted by Crippen LogP contribution is -2.58. The van der Waals surface area contributed by atoms with Gasteiger partial charge in [-0.1, -0.05) is 103 Å². The van der Waals surface area contributed by atoms with Crippen LogP contribution in [0.4, 0.5) is 17.1 Å². The number of ketones is 2. The number of nitrogens with one attached hydrogen (secondary N) is 1. The number of rotatable bonds is 6. The lowest BCUT2D eigenvalue weighted by atomic mass is 9.44. The second-order valence-electron chi connectivity index (χ2n) is 14.4. The Kier molecular flexibility index (Phi) is 7.81. The van der Waals surface area contributed by atoms with Crippen molar-refractivity contribution < 1.29 is 24.3 Å². The van der Waals surface area contributed by atoms with E-state index in [1.807, 2.05) is 115 Å². The van der Waals surface area contributed by atoms with E-state index in [1.54, 1.807) is 24.3 Å². The molecule has 5 aromatic carbocycles. The minimum Gasteiger partial charge on any atom is -0.508 e. The number of anilines is 3. The molecule has 7 heteroatoms. The summed E-state index contributed by atoms with van der Waals surface area (Å²) in [6.45, 7) is 0. The first kappa shape index (κ1) is 32.6. The maximum Gasteiger partial charge on any atom is 0.238 e. The molecule has 260 valence electrons. The highest BCUT2D eigenvalue weighted by Gasteiger charge is 2.66. The van der Waals surface area contributed by atoms with Crippen molar-refractivity contribution in [2.24, 2.45) is 23.7 Å². The van der Waals surface area contributed by atoms with Crippen LogP contribution in [0.1, 0.15) is 35.4 Å². The number of Topliss-reactive ketones (excluding diaryl/α,β-unsaturated/α-hetero) is 1. The van der Waals surface area contributed by atoms with Gasteiger partial charge in [0.05, 0.1) is 22.9 Å². The maximum absolute atomic E-state index is 15.1. The Balaban J connectivity index is 1.16. The number of allylic oxidation sites excluding steroid dienone is 4. The van der Waals surface area contributed by atoms with Gasteiger partial charge in [-0.3, -0.25) is 24.1 Å². The van der Waals surface area contributed by atoms with Gasteiger partial charge >= 0.3 is 0 Å². The fraction of sp³-hybridized carbons (Fsp3) is 0.174. The number of fused-ring (bicyclic) bond motifs is 4. The van der Waals surface area contributed by atoms with Crippen molar-refractivity contribution in [1.29, 1.82) is 0 Å². The third-order valence-corrected chi connectivity index (χ3v) is 11.8. The third-order valence-electron chi connectivity index (χ3n) is 11.8. The quantitative estimate of drug-likeness (QED) is 0.137.